The molecule has 2 rings (SSSR count). The van der Waals surface area contributed by atoms with E-state index in [0.717, 1.165) is 5.39 Å². The van der Waals surface area contributed by atoms with Crippen LogP contribution in [-0.4, -0.2) is 28.6 Å². The van der Waals surface area contributed by atoms with Crippen LogP contribution in [0.4, 0.5) is 0 Å². The highest BCUT2D eigenvalue weighted by Gasteiger charge is 2.24. The van der Waals surface area contributed by atoms with Crippen molar-refractivity contribution >= 4 is 22.6 Å². The van der Waals surface area contributed by atoms with Crippen LogP contribution in [0.1, 0.15) is 38.1 Å². The van der Waals surface area contributed by atoms with Crippen molar-refractivity contribution in [1.29, 1.82) is 0 Å². The van der Waals surface area contributed by atoms with E-state index < -0.39 is 17.6 Å². The predicted molar refractivity (Wildman–Crippen MR) is 88.4 cm³/mol. The van der Waals surface area contributed by atoms with Crippen molar-refractivity contribution in [1.82, 2.24) is 5.32 Å². The van der Waals surface area contributed by atoms with E-state index in [9.17, 15) is 14.7 Å². The van der Waals surface area contributed by atoms with Crippen molar-refractivity contribution in [3.8, 4) is 5.75 Å². The van der Waals surface area contributed by atoms with E-state index in [2.05, 4.69) is 5.32 Å². The number of phenols is 1. The molecule has 5 heteroatoms. The van der Waals surface area contributed by atoms with E-state index in [1.807, 2.05) is 32.9 Å². The minimum atomic E-state index is -0.951. The minimum Gasteiger partial charge on any atom is -0.506 e. The molecule has 0 saturated heterocycles. The third-order valence-electron chi connectivity index (χ3n) is 3.27. The van der Waals surface area contributed by atoms with Gasteiger partial charge in [0.25, 0.3) is 5.91 Å². The van der Waals surface area contributed by atoms with Crippen LogP contribution in [0.2, 0.25) is 0 Å². The van der Waals surface area contributed by atoms with Crippen LogP contribution in [0.15, 0.2) is 36.4 Å². The van der Waals surface area contributed by atoms with Crippen LogP contribution < -0.4 is 5.32 Å². The molecule has 0 radical (unpaired) electrons. The predicted octanol–water partition coefficient (Wildman–Crippen LogP) is 3.01. The first-order valence-corrected chi connectivity index (χ1v) is 7.43. The zero-order valence-corrected chi connectivity index (χ0v) is 13.7. The molecule has 2 aromatic carbocycles. The second-order valence-corrected chi connectivity index (χ2v) is 6.47. The summed E-state index contributed by atoms with van der Waals surface area (Å²) >= 11 is 0. The maximum atomic E-state index is 12.2. The maximum absolute atomic E-state index is 12.2. The third kappa shape index (κ3) is 4.00. The summed E-state index contributed by atoms with van der Waals surface area (Å²) < 4.78 is 5.16. The monoisotopic (exact) mass is 315 g/mol. The van der Waals surface area contributed by atoms with E-state index in [1.165, 1.54) is 13.0 Å². The molecule has 0 fully saturated rings. The molecule has 23 heavy (non-hydrogen) atoms. The van der Waals surface area contributed by atoms with Gasteiger partial charge in [-0.1, -0.05) is 30.3 Å². The molecule has 5 nitrogen and oxygen atoms in total. The maximum Gasteiger partial charge on any atom is 0.342 e. The topological polar surface area (TPSA) is 75.6 Å². The molecule has 2 N–H and O–H groups in total. The Balaban J connectivity index is 2.18. The Kier molecular flexibility index (Phi) is 4.59. The molecule has 2 aromatic rings. The van der Waals surface area contributed by atoms with Gasteiger partial charge in [0, 0.05) is 10.9 Å². The third-order valence-corrected chi connectivity index (χ3v) is 3.27. The fraction of sp³-hybridized carbons (Fsp3) is 0.333. The van der Waals surface area contributed by atoms with Gasteiger partial charge in [0.15, 0.2) is 6.10 Å². The molecule has 0 aliphatic rings. The fourth-order valence-corrected chi connectivity index (χ4v) is 2.17. The van der Waals surface area contributed by atoms with E-state index in [4.69, 9.17) is 4.74 Å². The Hall–Kier alpha value is -2.56. The number of hydrogen-bond acceptors (Lipinski definition) is 4. The van der Waals surface area contributed by atoms with Crippen LogP contribution in [0.3, 0.4) is 0 Å². The summed E-state index contributed by atoms with van der Waals surface area (Å²) in [4.78, 5) is 24.2. The van der Waals surface area contributed by atoms with Gasteiger partial charge in [-0.2, -0.15) is 0 Å². The number of aromatic hydroxyl groups is 1. The summed E-state index contributed by atoms with van der Waals surface area (Å²) in [6.45, 7) is 7.02. The number of amides is 1. The van der Waals surface area contributed by atoms with Crippen LogP contribution in [0, 0.1) is 0 Å². The van der Waals surface area contributed by atoms with E-state index >= 15 is 0 Å². The highest BCUT2D eigenvalue weighted by atomic mass is 16.5. The van der Waals surface area contributed by atoms with Crippen LogP contribution in [0.25, 0.3) is 10.8 Å². The molecule has 0 spiro atoms. The molecule has 0 saturated carbocycles. The van der Waals surface area contributed by atoms with Crippen LogP contribution >= 0.6 is 0 Å². The summed E-state index contributed by atoms with van der Waals surface area (Å²) in [6.07, 6.45) is -0.951. The van der Waals surface area contributed by atoms with Gasteiger partial charge in [-0.25, -0.2) is 4.79 Å². The van der Waals surface area contributed by atoms with Gasteiger partial charge in [-0.15, -0.1) is 0 Å². The van der Waals surface area contributed by atoms with Crippen molar-refractivity contribution in [3.63, 3.8) is 0 Å². The highest BCUT2D eigenvalue weighted by Crippen LogP contribution is 2.29. The van der Waals surface area contributed by atoms with Gasteiger partial charge >= 0.3 is 5.97 Å². The second kappa shape index (κ2) is 6.28. The number of benzene rings is 2. The molecule has 0 aromatic heterocycles. The second-order valence-electron chi connectivity index (χ2n) is 6.47. The Morgan fingerprint density at radius 3 is 2.43 bits per heavy atom. The van der Waals surface area contributed by atoms with Crippen LogP contribution in [0.5, 0.6) is 5.75 Å². The molecular weight excluding hydrogens is 294 g/mol. The van der Waals surface area contributed by atoms with Crippen molar-refractivity contribution in [3.05, 3.63) is 42.0 Å². The van der Waals surface area contributed by atoms with Gasteiger partial charge in [-0.3, -0.25) is 4.79 Å². The Morgan fingerprint density at radius 2 is 1.78 bits per heavy atom. The van der Waals surface area contributed by atoms with Crippen molar-refractivity contribution in [2.24, 2.45) is 0 Å². The quantitative estimate of drug-likeness (QED) is 0.854. The molecule has 0 bridgehead atoms. The summed E-state index contributed by atoms with van der Waals surface area (Å²) in [5, 5.41) is 14.4. The molecule has 0 aliphatic carbocycles. The van der Waals surface area contributed by atoms with Crippen molar-refractivity contribution in [2.75, 3.05) is 0 Å². The van der Waals surface area contributed by atoms with Gasteiger partial charge < -0.3 is 15.2 Å². The normalized spacial score (nSPS) is 12.7. The lowest BCUT2D eigenvalue weighted by molar-refractivity contribution is -0.130. The zero-order valence-electron chi connectivity index (χ0n) is 13.7. The summed E-state index contributed by atoms with van der Waals surface area (Å²) in [7, 11) is 0. The lowest BCUT2D eigenvalue weighted by atomic mass is 10.1. The van der Waals surface area contributed by atoms with E-state index in [0.29, 0.717) is 5.39 Å². The summed E-state index contributed by atoms with van der Waals surface area (Å²) in [5.41, 5.74) is -0.373. The van der Waals surface area contributed by atoms with Gasteiger partial charge in [0.1, 0.15) is 11.3 Å². The number of carbonyl (C=O) groups excluding carboxylic acids is 2. The smallest absolute Gasteiger partial charge is 0.342 e. The first-order chi connectivity index (χ1) is 10.7. The van der Waals surface area contributed by atoms with Crippen molar-refractivity contribution in [2.45, 2.75) is 39.3 Å². The van der Waals surface area contributed by atoms with E-state index in [1.54, 1.807) is 18.2 Å². The van der Waals surface area contributed by atoms with Gasteiger partial charge in [0.05, 0.1) is 0 Å². The summed E-state index contributed by atoms with van der Waals surface area (Å²) in [5.74, 6) is -1.26. The molecule has 0 aliphatic heterocycles. The molecule has 0 heterocycles. The molecular formula is C18H21NO4. The Bertz CT molecular complexity index is 746. The average Bonchev–Trinajstić information content (AvgIpc) is 2.46. The van der Waals surface area contributed by atoms with E-state index in [-0.39, 0.29) is 17.2 Å². The Morgan fingerprint density at radius 1 is 1.13 bits per heavy atom. The van der Waals surface area contributed by atoms with Crippen molar-refractivity contribution < 1.29 is 19.4 Å². The first-order valence-electron chi connectivity index (χ1n) is 7.43. The number of hydrogen-bond donors (Lipinski definition) is 2. The number of ether oxygens (including phenoxy) is 1. The molecule has 122 valence electrons. The first kappa shape index (κ1) is 16.8. The highest BCUT2D eigenvalue weighted by molar-refractivity contribution is 6.01. The molecule has 1 atom stereocenters. The summed E-state index contributed by atoms with van der Waals surface area (Å²) in [6, 6.07) is 10.4. The SMILES string of the molecule is C[C@@H](OC(=O)c1ccc2ccccc2c1O)C(=O)NC(C)(C)C. The van der Waals surface area contributed by atoms with Crippen LogP contribution in [-0.2, 0) is 9.53 Å². The molecule has 1 amide bonds. The van der Waals surface area contributed by atoms with Gasteiger partial charge in [-0.05, 0) is 39.1 Å². The fourth-order valence-electron chi connectivity index (χ4n) is 2.17. The average molecular weight is 315 g/mol. The lowest BCUT2D eigenvalue weighted by Gasteiger charge is -2.23. The standard InChI is InChI=1S/C18H21NO4/c1-11(16(21)19-18(2,3)4)23-17(22)14-10-9-12-7-5-6-8-13(12)15(14)20/h5-11,20H,1-4H3,(H,19,21)/t11-/m1/s1. The largest absolute Gasteiger partial charge is 0.506 e. The number of carbonyl (C=O) groups is 2. The number of rotatable bonds is 3. The number of phenolic OH excluding ortho intramolecular Hbond substituents is 1. The lowest BCUT2D eigenvalue weighted by Crippen LogP contribution is -2.46. The number of esters is 1. The minimum absolute atomic E-state index is 0.0408. The molecule has 0 unspecified atom stereocenters. The zero-order chi connectivity index (χ0) is 17.2. The van der Waals surface area contributed by atoms with Gasteiger partial charge in [0.2, 0.25) is 0 Å². The number of nitrogens with one attached hydrogen (secondary N) is 1. The Labute approximate surface area is 135 Å². The number of fused-ring (bicyclic) bond motifs is 1.